The molecule has 1 fully saturated rings. The summed E-state index contributed by atoms with van der Waals surface area (Å²) in [5.74, 6) is -0.471. The van der Waals surface area contributed by atoms with Crippen molar-refractivity contribution in [3.05, 3.63) is 23.8 Å². The third-order valence-electron chi connectivity index (χ3n) is 3.69. The standard InChI is InChI=1S/C14H14N2O6/c1-7(8-2-3-10-11(4-8)22-6-21-10)15-14(20)16-9(13(18)19)5-12(16)17/h2-4,7,9H,5-6H2,1H3,(H,15,20)(H,18,19). The average Bonchev–Trinajstić information content (AvgIpc) is 2.91. The summed E-state index contributed by atoms with van der Waals surface area (Å²) in [5.41, 5.74) is 0.762. The van der Waals surface area contributed by atoms with Gasteiger partial charge >= 0.3 is 12.0 Å². The van der Waals surface area contributed by atoms with Crippen molar-refractivity contribution in [3.63, 3.8) is 0 Å². The Morgan fingerprint density at radius 2 is 2.09 bits per heavy atom. The van der Waals surface area contributed by atoms with Crippen molar-refractivity contribution < 1.29 is 29.0 Å². The summed E-state index contributed by atoms with van der Waals surface area (Å²) in [7, 11) is 0. The van der Waals surface area contributed by atoms with E-state index in [1.807, 2.05) is 0 Å². The molecule has 2 N–H and O–H groups in total. The highest BCUT2D eigenvalue weighted by Crippen LogP contribution is 2.34. The number of nitrogens with zero attached hydrogens (tertiary/aromatic N) is 1. The molecule has 0 bridgehead atoms. The smallest absolute Gasteiger partial charge is 0.327 e. The van der Waals surface area contributed by atoms with E-state index in [-0.39, 0.29) is 13.2 Å². The molecule has 1 aromatic rings. The van der Waals surface area contributed by atoms with E-state index in [1.54, 1.807) is 25.1 Å². The van der Waals surface area contributed by atoms with Crippen LogP contribution in [0, 0.1) is 0 Å². The highest BCUT2D eigenvalue weighted by atomic mass is 16.7. The molecule has 0 radical (unpaired) electrons. The number of nitrogens with one attached hydrogen (secondary N) is 1. The first-order chi connectivity index (χ1) is 10.5. The lowest BCUT2D eigenvalue weighted by molar-refractivity contribution is -0.157. The first kappa shape index (κ1) is 14.2. The number of likely N-dealkylation sites (tertiary alicyclic amines) is 1. The van der Waals surface area contributed by atoms with Crippen LogP contribution in [0.15, 0.2) is 18.2 Å². The van der Waals surface area contributed by atoms with Crippen molar-refractivity contribution >= 4 is 17.9 Å². The van der Waals surface area contributed by atoms with Crippen LogP contribution in [0.5, 0.6) is 11.5 Å². The number of hydrogen-bond donors (Lipinski definition) is 2. The number of hydrogen-bond acceptors (Lipinski definition) is 5. The maximum Gasteiger partial charge on any atom is 0.327 e. The number of amides is 3. The minimum absolute atomic E-state index is 0.152. The second-order valence-electron chi connectivity index (χ2n) is 5.11. The Bertz CT molecular complexity index is 659. The van der Waals surface area contributed by atoms with Gasteiger partial charge in [-0.15, -0.1) is 0 Å². The largest absolute Gasteiger partial charge is 0.480 e. The first-order valence-corrected chi connectivity index (χ1v) is 6.72. The number of benzene rings is 1. The Kier molecular flexibility index (Phi) is 3.36. The van der Waals surface area contributed by atoms with E-state index in [1.165, 1.54) is 0 Å². The van der Waals surface area contributed by atoms with Crippen LogP contribution in [-0.4, -0.2) is 40.7 Å². The number of carbonyl (C=O) groups excluding carboxylic acids is 2. The summed E-state index contributed by atoms with van der Waals surface area (Å²) in [4.78, 5) is 35.1. The van der Waals surface area contributed by atoms with E-state index in [4.69, 9.17) is 14.6 Å². The molecule has 116 valence electrons. The number of rotatable bonds is 3. The Morgan fingerprint density at radius 3 is 2.77 bits per heavy atom. The second kappa shape index (κ2) is 5.21. The van der Waals surface area contributed by atoms with Crippen LogP contribution < -0.4 is 14.8 Å². The number of aliphatic carboxylic acids is 1. The van der Waals surface area contributed by atoms with Gasteiger partial charge in [0, 0.05) is 0 Å². The molecule has 2 unspecified atom stereocenters. The Labute approximate surface area is 125 Å². The zero-order chi connectivity index (χ0) is 15.9. The molecule has 2 heterocycles. The number of carboxylic acid groups (broad SMARTS) is 1. The zero-order valence-corrected chi connectivity index (χ0v) is 11.7. The highest BCUT2D eigenvalue weighted by Gasteiger charge is 2.45. The van der Waals surface area contributed by atoms with Gasteiger partial charge in [-0.1, -0.05) is 6.07 Å². The van der Waals surface area contributed by atoms with E-state index < -0.39 is 30.0 Å². The first-order valence-electron chi connectivity index (χ1n) is 6.72. The summed E-state index contributed by atoms with van der Waals surface area (Å²) in [6, 6.07) is 3.02. The molecule has 0 saturated carbocycles. The predicted molar refractivity (Wildman–Crippen MR) is 72.4 cm³/mol. The molecule has 1 saturated heterocycles. The number of urea groups is 1. The van der Waals surface area contributed by atoms with Crippen molar-refractivity contribution in [1.29, 1.82) is 0 Å². The van der Waals surface area contributed by atoms with E-state index in [9.17, 15) is 14.4 Å². The van der Waals surface area contributed by atoms with Crippen LogP contribution in [0.2, 0.25) is 0 Å². The number of carboxylic acids is 1. The SMILES string of the molecule is CC(NC(=O)N1C(=O)CC1C(=O)O)c1ccc2c(c1)OCO2. The molecule has 8 heteroatoms. The fourth-order valence-corrected chi connectivity index (χ4v) is 2.39. The topological polar surface area (TPSA) is 105 Å². The minimum atomic E-state index is -1.19. The third-order valence-corrected chi connectivity index (χ3v) is 3.69. The van der Waals surface area contributed by atoms with Crippen LogP contribution in [0.1, 0.15) is 24.9 Å². The second-order valence-corrected chi connectivity index (χ2v) is 5.11. The lowest BCUT2D eigenvalue weighted by Gasteiger charge is -2.36. The molecule has 2 atom stereocenters. The molecule has 2 aliphatic heterocycles. The zero-order valence-electron chi connectivity index (χ0n) is 11.7. The molecule has 0 spiro atoms. The van der Waals surface area contributed by atoms with Gasteiger partial charge in [-0.25, -0.2) is 14.5 Å². The monoisotopic (exact) mass is 306 g/mol. The Morgan fingerprint density at radius 1 is 1.36 bits per heavy atom. The van der Waals surface area contributed by atoms with Crippen molar-refractivity contribution in [1.82, 2.24) is 10.2 Å². The van der Waals surface area contributed by atoms with Gasteiger partial charge in [-0.05, 0) is 24.6 Å². The number of β-lactam (4-membered cyclic amide) rings is 1. The molecule has 1 aromatic carbocycles. The summed E-state index contributed by atoms with van der Waals surface area (Å²) >= 11 is 0. The Balaban J connectivity index is 1.69. The van der Waals surface area contributed by atoms with Crippen molar-refractivity contribution in [3.8, 4) is 11.5 Å². The molecular formula is C14H14N2O6. The molecular weight excluding hydrogens is 292 g/mol. The van der Waals surface area contributed by atoms with Crippen molar-refractivity contribution in [2.45, 2.75) is 25.4 Å². The number of ether oxygens (including phenoxy) is 2. The van der Waals surface area contributed by atoms with E-state index in [0.717, 1.165) is 10.5 Å². The fraction of sp³-hybridized carbons (Fsp3) is 0.357. The molecule has 22 heavy (non-hydrogen) atoms. The van der Waals surface area contributed by atoms with Crippen LogP contribution in [0.25, 0.3) is 0 Å². The van der Waals surface area contributed by atoms with E-state index in [0.29, 0.717) is 11.5 Å². The van der Waals surface area contributed by atoms with Gasteiger partial charge in [0.1, 0.15) is 6.04 Å². The maximum absolute atomic E-state index is 12.0. The number of imide groups is 1. The van der Waals surface area contributed by atoms with Crippen molar-refractivity contribution in [2.24, 2.45) is 0 Å². The van der Waals surface area contributed by atoms with Gasteiger partial charge in [0.15, 0.2) is 11.5 Å². The molecule has 8 nitrogen and oxygen atoms in total. The summed E-state index contributed by atoms with van der Waals surface area (Å²) in [5, 5.41) is 11.5. The maximum atomic E-state index is 12.0. The molecule has 0 aromatic heterocycles. The van der Waals surface area contributed by atoms with Crippen molar-refractivity contribution in [2.75, 3.05) is 6.79 Å². The molecule has 3 amide bonds. The van der Waals surface area contributed by atoms with Crippen LogP contribution in [-0.2, 0) is 9.59 Å². The van der Waals surface area contributed by atoms with Crippen LogP contribution in [0.3, 0.4) is 0 Å². The summed E-state index contributed by atoms with van der Waals surface area (Å²) in [6.07, 6.45) is -0.152. The van der Waals surface area contributed by atoms with Gasteiger partial charge in [-0.2, -0.15) is 0 Å². The minimum Gasteiger partial charge on any atom is -0.480 e. The normalized spacial score (nSPS) is 20.3. The van der Waals surface area contributed by atoms with Gasteiger partial charge in [0.2, 0.25) is 12.7 Å². The highest BCUT2D eigenvalue weighted by molar-refractivity contribution is 6.05. The van der Waals surface area contributed by atoms with Crippen LogP contribution in [0.4, 0.5) is 4.79 Å². The van der Waals surface area contributed by atoms with Gasteiger partial charge in [0.25, 0.3) is 0 Å². The lowest BCUT2D eigenvalue weighted by atomic mass is 10.0. The Hall–Kier alpha value is -2.77. The van der Waals surface area contributed by atoms with E-state index >= 15 is 0 Å². The number of fused-ring (bicyclic) bond motifs is 1. The summed E-state index contributed by atoms with van der Waals surface area (Å²) in [6.45, 7) is 1.89. The predicted octanol–water partition coefficient (Wildman–Crippen LogP) is 0.871. The lowest BCUT2D eigenvalue weighted by Crippen LogP contribution is -2.61. The van der Waals surface area contributed by atoms with Gasteiger partial charge < -0.3 is 19.9 Å². The fourth-order valence-electron chi connectivity index (χ4n) is 2.39. The van der Waals surface area contributed by atoms with Gasteiger partial charge in [0.05, 0.1) is 12.5 Å². The van der Waals surface area contributed by atoms with Crippen LogP contribution >= 0.6 is 0 Å². The number of carbonyl (C=O) groups is 3. The summed E-state index contributed by atoms with van der Waals surface area (Å²) < 4.78 is 10.5. The molecule has 0 aliphatic carbocycles. The third kappa shape index (κ3) is 2.32. The average molecular weight is 306 g/mol. The molecule has 3 rings (SSSR count). The van der Waals surface area contributed by atoms with Gasteiger partial charge in [-0.3, -0.25) is 4.79 Å². The quantitative estimate of drug-likeness (QED) is 0.803. The van der Waals surface area contributed by atoms with E-state index in [2.05, 4.69) is 5.32 Å². The molecule has 2 aliphatic rings.